The van der Waals surface area contributed by atoms with Gasteiger partial charge in [-0.3, -0.25) is 4.68 Å². The minimum atomic E-state index is -0.163. The summed E-state index contributed by atoms with van der Waals surface area (Å²) in [5.41, 5.74) is 4.95. The summed E-state index contributed by atoms with van der Waals surface area (Å²) >= 11 is 1.64. The molecule has 0 unspecified atom stereocenters. The number of hydrogen-bond donors (Lipinski definition) is 0. The van der Waals surface area contributed by atoms with Crippen LogP contribution >= 0.6 is 11.3 Å². The van der Waals surface area contributed by atoms with Crippen molar-refractivity contribution in [3.8, 4) is 11.3 Å². The van der Waals surface area contributed by atoms with Crippen molar-refractivity contribution in [2.75, 3.05) is 6.61 Å². The Labute approximate surface area is 147 Å². The first-order chi connectivity index (χ1) is 11.7. The second-order valence-corrected chi connectivity index (χ2v) is 7.49. The Balaban J connectivity index is 1.99. The van der Waals surface area contributed by atoms with Crippen molar-refractivity contribution in [3.63, 3.8) is 0 Å². The molecule has 0 amide bonds. The first-order valence-corrected chi connectivity index (χ1v) is 9.81. The number of nitrogens with zero attached hydrogens (tertiary/aromatic N) is 2. The lowest BCUT2D eigenvalue weighted by molar-refractivity contribution is 0.0531. The summed E-state index contributed by atoms with van der Waals surface area (Å²) in [6, 6.07) is 0. The number of carbonyl (C=O) groups excluding carboxylic acids is 1. The smallest absolute Gasteiger partial charge is 0.348 e. The maximum Gasteiger partial charge on any atom is 0.348 e. The fourth-order valence-electron chi connectivity index (χ4n) is 3.53. The lowest BCUT2D eigenvalue weighted by Crippen LogP contribution is -2.10. The summed E-state index contributed by atoms with van der Waals surface area (Å²) in [6.07, 6.45) is 9.81. The van der Waals surface area contributed by atoms with E-state index in [1.165, 1.54) is 52.9 Å². The molecule has 24 heavy (non-hydrogen) atoms. The molecule has 0 saturated heterocycles. The Morgan fingerprint density at radius 3 is 2.88 bits per heavy atom. The summed E-state index contributed by atoms with van der Waals surface area (Å²) in [6.45, 7) is 4.52. The second kappa shape index (κ2) is 7.51. The Morgan fingerprint density at radius 2 is 2.12 bits per heavy atom. The summed E-state index contributed by atoms with van der Waals surface area (Å²) in [5.74, 6) is -0.163. The van der Waals surface area contributed by atoms with Crippen LogP contribution < -0.4 is 0 Å². The molecular formula is C19H26N2O2S. The van der Waals surface area contributed by atoms with Crippen molar-refractivity contribution < 1.29 is 9.53 Å². The van der Waals surface area contributed by atoms with E-state index in [0.29, 0.717) is 6.61 Å². The van der Waals surface area contributed by atoms with Gasteiger partial charge in [0.15, 0.2) is 0 Å². The van der Waals surface area contributed by atoms with Crippen LogP contribution in [0, 0.1) is 0 Å². The van der Waals surface area contributed by atoms with Crippen molar-refractivity contribution >= 4 is 17.3 Å². The highest BCUT2D eigenvalue weighted by atomic mass is 32.1. The van der Waals surface area contributed by atoms with Gasteiger partial charge in [0, 0.05) is 17.5 Å². The van der Waals surface area contributed by atoms with Crippen molar-refractivity contribution in [3.05, 3.63) is 27.1 Å². The van der Waals surface area contributed by atoms with Crippen LogP contribution in [0.1, 0.15) is 65.2 Å². The van der Waals surface area contributed by atoms with E-state index >= 15 is 0 Å². The third-order valence-electron chi connectivity index (χ3n) is 4.69. The zero-order chi connectivity index (χ0) is 17.1. The predicted octanol–water partition coefficient (Wildman–Crippen LogP) is 4.55. The van der Waals surface area contributed by atoms with Gasteiger partial charge in [-0.2, -0.15) is 5.10 Å². The standard InChI is InChI=1S/C19H26N2O2S/c1-4-6-7-8-9-15-16-14(18(24-15)19(22)23-5-2)11-10-13-12-20-21(3)17(13)16/h12H,4-11H2,1-3H3. The Kier molecular flexibility index (Phi) is 5.39. The van der Waals surface area contributed by atoms with Gasteiger partial charge in [0.1, 0.15) is 4.88 Å². The van der Waals surface area contributed by atoms with Gasteiger partial charge in [0.05, 0.1) is 18.5 Å². The van der Waals surface area contributed by atoms with E-state index in [4.69, 9.17) is 4.74 Å². The first-order valence-electron chi connectivity index (χ1n) is 9.00. The van der Waals surface area contributed by atoms with E-state index in [2.05, 4.69) is 12.0 Å². The summed E-state index contributed by atoms with van der Waals surface area (Å²) in [4.78, 5) is 14.5. The minimum absolute atomic E-state index is 0.163. The zero-order valence-electron chi connectivity index (χ0n) is 14.9. The number of aromatic nitrogens is 2. The van der Waals surface area contributed by atoms with E-state index in [-0.39, 0.29) is 5.97 Å². The van der Waals surface area contributed by atoms with Crippen molar-refractivity contribution in [2.45, 2.75) is 58.8 Å². The number of unbranched alkanes of at least 4 members (excludes halogenated alkanes) is 3. The van der Waals surface area contributed by atoms with Gasteiger partial charge in [-0.05, 0) is 43.7 Å². The molecule has 3 rings (SSSR count). The molecule has 1 aliphatic rings. The zero-order valence-corrected chi connectivity index (χ0v) is 15.7. The van der Waals surface area contributed by atoms with E-state index in [0.717, 1.165) is 24.1 Å². The quantitative estimate of drug-likeness (QED) is 0.546. The highest BCUT2D eigenvalue weighted by Crippen LogP contribution is 2.43. The van der Waals surface area contributed by atoms with Crippen LogP contribution in [0.4, 0.5) is 0 Å². The van der Waals surface area contributed by atoms with Crippen LogP contribution in [0.5, 0.6) is 0 Å². The topological polar surface area (TPSA) is 44.1 Å². The molecule has 5 heteroatoms. The van der Waals surface area contributed by atoms with Crippen LogP contribution in [-0.4, -0.2) is 22.4 Å². The van der Waals surface area contributed by atoms with E-state index < -0.39 is 0 Å². The SMILES string of the molecule is CCCCCCc1sc(C(=O)OCC)c2c1-c1c(cnn1C)CC2. The molecule has 130 valence electrons. The van der Waals surface area contributed by atoms with E-state index in [1.807, 2.05) is 24.9 Å². The molecule has 0 radical (unpaired) electrons. The van der Waals surface area contributed by atoms with Crippen LogP contribution in [0.2, 0.25) is 0 Å². The maximum atomic E-state index is 12.4. The fourth-order valence-corrected chi connectivity index (χ4v) is 4.81. The number of fused-ring (bicyclic) bond motifs is 3. The Morgan fingerprint density at radius 1 is 1.29 bits per heavy atom. The van der Waals surface area contributed by atoms with Gasteiger partial charge in [-0.1, -0.05) is 26.2 Å². The molecule has 2 heterocycles. The van der Waals surface area contributed by atoms with Crippen LogP contribution in [0.25, 0.3) is 11.3 Å². The second-order valence-electron chi connectivity index (χ2n) is 6.38. The maximum absolute atomic E-state index is 12.4. The predicted molar refractivity (Wildman–Crippen MR) is 97.7 cm³/mol. The van der Waals surface area contributed by atoms with E-state index in [1.54, 1.807) is 11.3 Å². The molecule has 0 N–H and O–H groups in total. The highest BCUT2D eigenvalue weighted by Gasteiger charge is 2.30. The number of aryl methyl sites for hydroxylation is 3. The third kappa shape index (κ3) is 3.14. The lowest BCUT2D eigenvalue weighted by atomic mass is 9.89. The normalized spacial score (nSPS) is 12.8. The molecule has 0 spiro atoms. The number of ether oxygens (including phenoxy) is 1. The molecule has 2 aromatic heterocycles. The molecule has 1 aliphatic carbocycles. The lowest BCUT2D eigenvalue weighted by Gasteiger charge is -2.16. The number of esters is 1. The Hall–Kier alpha value is -1.62. The van der Waals surface area contributed by atoms with Gasteiger partial charge < -0.3 is 4.74 Å². The Bertz CT molecular complexity index is 730. The van der Waals surface area contributed by atoms with Crippen molar-refractivity contribution in [1.29, 1.82) is 0 Å². The summed E-state index contributed by atoms with van der Waals surface area (Å²) in [5, 5.41) is 4.44. The number of carbonyl (C=O) groups is 1. The highest BCUT2D eigenvalue weighted by molar-refractivity contribution is 7.14. The van der Waals surface area contributed by atoms with Gasteiger partial charge in [-0.25, -0.2) is 4.79 Å². The van der Waals surface area contributed by atoms with Gasteiger partial charge >= 0.3 is 5.97 Å². The van der Waals surface area contributed by atoms with Crippen molar-refractivity contribution in [2.24, 2.45) is 7.05 Å². The molecular weight excluding hydrogens is 320 g/mol. The molecule has 0 aromatic carbocycles. The largest absolute Gasteiger partial charge is 0.462 e. The summed E-state index contributed by atoms with van der Waals surface area (Å²) < 4.78 is 7.26. The van der Waals surface area contributed by atoms with Crippen LogP contribution in [0.3, 0.4) is 0 Å². The minimum Gasteiger partial charge on any atom is -0.462 e. The van der Waals surface area contributed by atoms with Gasteiger partial charge in [0.2, 0.25) is 0 Å². The molecule has 0 atom stereocenters. The molecule has 0 bridgehead atoms. The summed E-state index contributed by atoms with van der Waals surface area (Å²) in [7, 11) is 2.00. The van der Waals surface area contributed by atoms with E-state index in [9.17, 15) is 4.79 Å². The monoisotopic (exact) mass is 346 g/mol. The van der Waals surface area contributed by atoms with Gasteiger partial charge in [-0.15, -0.1) is 11.3 Å². The molecule has 2 aromatic rings. The van der Waals surface area contributed by atoms with Gasteiger partial charge in [0.25, 0.3) is 0 Å². The molecule has 0 fully saturated rings. The van der Waals surface area contributed by atoms with Crippen LogP contribution in [0.15, 0.2) is 6.20 Å². The van der Waals surface area contributed by atoms with Crippen molar-refractivity contribution in [1.82, 2.24) is 9.78 Å². The number of hydrogen-bond acceptors (Lipinski definition) is 4. The number of rotatable bonds is 7. The molecule has 0 aliphatic heterocycles. The third-order valence-corrected chi connectivity index (χ3v) is 5.97. The average Bonchev–Trinajstić information content (AvgIpc) is 3.13. The molecule has 4 nitrogen and oxygen atoms in total. The van der Waals surface area contributed by atoms with Crippen LogP contribution in [-0.2, 0) is 31.0 Å². The average molecular weight is 346 g/mol. The first kappa shape index (κ1) is 17.2. The fraction of sp³-hybridized carbons (Fsp3) is 0.579. The molecule has 0 saturated carbocycles. The number of thiophene rings is 1.